The Hall–Kier alpha value is -0.540. The van der Waals surface area contributed by atoms with Crippen LogP contribution in [0, 0.1) is 0 Å². The fourth-order valence-electron chi connectivity index (χ4n) is 2.21. The summed E-state index contributed by atoms with van der Waals surface area (Å²) in [7, 11) is 0. The highest BCUT2D eigenvalue weighted by atomic mass is 79.9. The van der Waals surface area contributed by atoms with Crippen LogP contribution >= 0.6 is 15.9 Å². The van der Waals surface area contributed by atoms with Crippen LogP contribution in [0.15, 0.2) is 22.7 Å². The lowest BCUT2D eigenvalue weighted by atomic mass is 10.1. The normalized spacial score (nSPS) is 12.8. The van der Waals surface area contributed by atoms with Crippen LogP contribution in [-0.4, -0.2) is 18.6 Å². The van der Waals surface area contributed by atoms with Crippen molar-refractivity contribution in [2.45, 2.75) is 59.7 Å². The summed E-state index contributed by atoms with van der Waals surface area (Å²) >= 11 is 3.60. The van der Waals surface area contributed by atoms with Gasteiger partial charge in [-0.1, -0.05) is 42.8 Å². The molecule has 0 fully saturated rings. The van der Waals surface area contributed by atoms with Crippen LogP contribution in [0.3, 0.4) is 0 Å². The molecule has 1 atom stereocenters. The van der Waals surface area contributed by atoms with E-state index in [4.69, 9.17) is 0 Å². The van der Waals surface area contributed by atoms with Crippen LogP contribution in [-0.2, 0) is 6.54 Å². The first-order valence-electron chi connectivity index (χ1n) is 7.28. The van der Waals surface area contributed by atoms with Crippen molar-refractivity contribution in [3.8, 4) is 0 Å². The van der Waals surface area contributed by atoms with E-state index >= 15 is 0 Å². The first-order valence-corrected chi connectivity index (χ1v) is 8.07. The molecule has 1 rings (SSSR count). The lowest BCUT2D eigenvalue weighted by Gasteiger charge is -2.32. The maximum atomic E-state index is 3.60. The largest absolute Gasteiger partial charge is 0.369 e. The molecule has 0 aliphatic heterocycles. The molecule has 0 amide bonds. The first-order chi connectivity index (χ1) is 8.99. The standard InChI is InChI=1S/C16H27BrN2/c1-6-13(5)19(7-2)16-10-15(17)9-8-14(16)11-18-12(3)4/h8-10,12-13,18H,6-7,11H2,1-5H3. The molecule has 0 aliphatic carbocycles. The zero-order valence-corrected chi connectivity index (χ0v) is 14.4. The predicted octanol–water partition coefficient (Wildman–Crippen LogP) is 4.57. The van der Waals surface area contributed by atoms with E-state index in [2.05, 4.69) is 79.0 Å². The summed E-state index contributed by atoms with van der Waals surface area (Å²) < 4.78 is 1.15. The average Bonchev–Trinajstić information content (AvgIpc) is 2.38. The highest BCUT2D eigenvalue weighted by Crippen LogP contribution is 2.27. The number of nitrogens with zero attached hydrogens (tertiary/aromatic N) is 1. The average molecular weight is 327 g/mol. The number of hydrogen-bond donors (Lipinski definition) is 1. The second kappa shape index (κ2) is 7.91. The third-order valence-corrected chi connectivity index (χ3v) is 4.01. The van der Waals surface area contributed by atoms with Crippen molar-refractivity contribution >= 4 is 21.6 Å². The van der Waals surface area contributed by atoms with Gasteiger partial charge in [0, 0.05) is 35.3 Å². The summed E-state index contributed by atoms with van der Waals surface area (Å²) in [5, 5.41) is 3.52. The Morgan fingerprint density at radius 3 is 2.42 bits per heavy atom. The molecule has 0 heterocycles. The van der Waals surface area contributed by atoms with Crippen molar-refractivity contribution in [3.05, 3.63) is 28.2 Å². The third kappa shape index (κ3) is 4.81. The summed E-state index contributed by atoms with van der Waals surface area (Å²) in [5.74, 6) is 0. The summed E-state index contributed by atoms with van der Waals surface area (Å²) in [6.07, 6.45) is 1.16. The maximum absolute atomic E-state index is 3.60. The number of rotatable bonds is 7. The lowest BCUT2D eigenvalue weighted by Crippen LogP contribution is -2.34. The fourth-order valence-corrected chi connectivity index (χ4v) is 2.56. The topological polar surface area (TPSA) is 15.3 Å². The van der Waals surface area contributed by atoms with E-state index in [9.17, 15) is 0 Å². The van der Waals surface area contributed by atoms with E-state index in [1.165, 1.54) is 11.3 Å². The Morgan fingerprint density at radius 2 is 1.89 bits per heavy atom. The number of benzene rings is 1. The third-order valence-electron chi connectivity index (χ3n) is 3.52. The summed E-state index contributed by atoms with van der Waals surface area (Å²) in [5.41, 5.74) is 2.72. The van der Waals surface area contributed by atoms with Crippen molar-refractivity contribution in [3.63, 3.8) is 0 Å². The van der Waals surface area contributed by atoms with Gasteiger partial charge in [0.2, 0.25) is 0 Å². The maximum Gasteiger partial charge on any atom is 0.0425 e. The Kier molecular flexibility index (Phi) is 6.87. The predicted molar refractivity (Wildman–Crippen MR) is 88.9 cm³/mol. The number of anilines is 1. The molecule has 1 aromatic carbocycles. The van der Waals surface area contributed by atoms with Gasteiger partial charge < -0.3 is 10.2 Å². The monoisotopic (exact) mass is 326 g/mol. The van der Waals surface area contributed by atoms with Gasteiger partial charge in [-0.2, -0.15) is 0 Å². The Labute approximate surface area is 126 Å². The van der Waals surface area contributed by atoms with Crippen LogP contribution in [0.1, 0.15) is 46.6 Å². The SMILES string of the molecule is CCC(C)N(CC)c1cc(Br)ccc1CNC(C)C. The van der Waals surface area contributed by atoms with Crippen molar-refractivity contribution in [2.75, 3.05) is 11.4 Å². The molecule has 2 nitrogen and oxygen atoms in total. The van der Waals surface area contributed by atoms with Crippen LogP contribution in [0.4, 0.5) is 5.69 Å². The second-order valence-corrected chi connectivity index (χ2v) is 6.27. The number of hydrogen-bond acceptors (Lipinski definition) is 2. The number of halogens is 1. The van der Waals surface area contributed by atoms with Crippen molar-refractivity contribution < 1.29 is 0 Å². The molecule has 1 N–H and O–H groups in total. The summed E-state index contributed by atoms with van der Waals surface area (Å²) in [6.45, 7) is 13.1. The minimum Gasteiger partial charge on any atom is -0.369 e. The second-order valence-electron chi connectivity index (χ2n) is 5.35. The minimum absolute atomic E-state index is 0.509. The molecule has 0 saturated carbocycles. The molecule has 19 heavy (non-hydrogen) atoms. The van der Waals surface area contributed by atoms with Gasteiger partial charge in [-0.3, -0.25) is 0 Å². The molecule has 1 aromatic rings. The quantitative estimate of drug-likeness (QED) is 0.789. The van der Waals surface area contributed by atoms with Gasteiger partial charge in [0.15, 0.2) is 0 Å². The molecule has 0 radical (unpaired) electrons. The minimum atomic E-state index is 0.509. The molecule has 0 bridgehead atoms. The van der Waals surface area contributed by atoms with Gasteiger partial charge in [-0.15, -0.1) is 0 Å². The van der Waals surface area contributed by atoms with E-state index in [1.807, 2.05) is 0 Å². The van der Waals surface area contributed by atoms with E-state index < -0.39 is 0 Å². The molecule has 0 aliphatic rings. The van der Waals surface area contributed by atoms with Crippen LogP contribution < -0.4 is 10.2 Å². The van der Waals surface area contributed by atoms with Crippen molar-refractivity contribution in [2.24, 2.45) is 0 Å². The van der Waals surface area contributed by atoms with Gasteiger partial charge in [0.25, 0.3) is 0 Å². The first kappa shape index (κ1) is 16.5. The summed E-state index contributed by atoms with van der Waals surface area (Å²) in [4.78, 5) is 2.49. The Bertz CT molecular complexity index is 390. The molecule has 1 unspecified atom stereocenters. The molecule has 0 spiro atoms. The Balaban J connectivity index is 3.04. The molecule has 3 heteroatoms. The molecular weight excluding hydrogens is 300 g/mol. The van der Waals surface area contributed by atoms with Gasteiger partial charge in [-0.05, 0) is 38.0 Å². The summed E-state index contributed by atoms with van der Waals surface area (Å²) in [6, 6.07) is 7.67. The lowest BCUT2D eigenvalue weighted by molar-refractivity contribution is 0.582. The van der Waals surface area contributed by atoms with E-state index in [0.29, 0.717) is 12.1 Å². The fraction of sp³-hybridized carbons (Fsp3) is 0.625. The molecular formula is C16H27BrN2. The number of nitrogens with one attached hydrogen (secondary N) is 1. The highest BCUT2D eigenvalue weighted by Gasteiger charge is 2.15. The smallest absolute Gasteiger partial charge is 0.0425 e. The van der Waals surface area contributed by atoms with Gasteiger partial charge in [0.05, 0.1) is 0 Å². The molecule has 108 valence electrons. The van der Waals surface area contributed by atoms with Crippen molar-refractivity contribution in [1.29, 1.82) is 0 Å². The van der Waals surface area contributed by atoms with Gasteiger partial charge in [0.1, 0.15) is 0 Å². The molecule has 0 aromatic heterocycles. The van der Waals surface area contributed by atoms with Gasteiger partial charge in [-0.25, -0.2) is 0 Å². The van der Waals surface area contributed by atoms with Crippen LogP contribution in [0.2, 0.25) is 0 Å². The van der Waals surface area contributed by atoms with Gasteiger partial charge >= 0.3 is 0 Å². The van der Waals surface area contributed by atoms with Crippen LogP contribution in [0.25, 0.3) is 0 Å². The zero-order valence-electron chi connectivity index (χ0n) is 12.8. The van der Waals surface area contributed by atoms with Crippen molar-refractivity contribution in [1.82, 2.24) is 5.32 Å². The van der Waals surface area contributed by atoms with E-state index in [1.54, 1.807) is 0 Å². The van der Waals surface area contributed by atoms with E-state index in [-0.39, 0.29) is 0 Å². The van der Waals surface area contributed by atoms with Crippen LogP contribution in [0.5, 0.6) is 0 Å². The zero-order chi connectivity index (χ0) is 14.4. The van der Waals surface area contributed by atoms with E-state index in [0.717, 1.165) is 24.0 Å². The Morgan fingerprint density at radius 1 is 1.21 bits per heavy atom. The highest BCUT2D eigenvalue weighted by molar-refractivity contribution is 9.10. The molecule has 0 saturated heterocycles.